The Morgan fingerprint density at radius 3 is 1.52 bits per heavy atom. The number of aliphatic hydroxyl groups is 2. The van der Waals surface area contributed by atoms with Crippen LogP contribution in [0.3, 0.4) is 0 Å². The SMILES string of the molecule is NC(CO)C(OCc1ccccc1)C(OCc1ccccc1)C(O)COCc1ccccc1. The molecular formula is C27H33NO5. The normalized spacial score (nSPS) is 15.0. The quantitative estimate of drug-likeness (QED) is 0.349. The van der Waals surface area contributed by atoms with E-state index in [0.717, 1.165) is 16.7 Å². The smallest absolute Gasteiger partial charge is 0.114 e. The van der Waals surface area contributed by atoms with Crippen LogP contribution in [-0.2, 0) is 34.0 Å². The fourth-order valence-corrected chi connectivity index (χ4v) is 3.49. The standard InChI is InChI=1S/C27H33NO5/c28-24(16-29)26(32-18-22-12-6-2-7-13-22)27(33-19-23-14-8-3-9-15-23)25(30)20-31-17-21-10-4-1-5-11-21/h1-15,24-27,29-30H,16-20,28H2. The van der Waals surface area contributed by atoms with Gasteiger partial charge in [-0.05, 0) is 16.7 Å². The van der Waals surface area contributed by atoms with Crippen LogP contribution in [0.4, 0.5) is 0 Å². The van der Waals surface area contributed by atoms with Gasteiger partial charge in [-0.25, -0.2) is 0 Å². The van der Waals surface area contributed by atoms with Gasteiger partial charge in [0.25, 0.3) is 0 Å². The Labute approximate surface area is 195 Å². The number of rotatable bonds is 14. The van der Waals surface area contributed by atoms with Crippen molar-refractivity contribution >= 4 is 0 Å². The highest BCUT2D eigenvalue weighted by atomic mass is 16.6. The molecule has 4 atom stereocenters. The van der Waals surface area contributed by atoms with Gasteiger partial charge in [-0.1, -0.05) is 91.0 Å². The van der Waals surface area contributed by atoms with E-state index in [1.54, 1.807) is 0 Å². The molecule has 0 heterocycles. The first-order chi connectivity index (χ1) is 16.2. The molecule has 176 valence electrons. The highest BCUT2D eigenvalue weighted by Crippen LogP contribution is 2.18. The summed E-state index contributed by atoms with van der Waals surface area (Å²) in [4.78, 5) is 0. The minimum absolute atomic E-state index is 0.0394. The van der Waals surface area contributed by atoms with Gasteiger partial charge in [-0.2, -0.15) is 0 Å². The van der Waals surface area contributed by atoms with Crippen molar-refractivity contribution in [3.63, 3.8) is 0 Å². The molecule has 6 heteroatoms. The fraction of sp³-hybridized carbons (Fsp3) is 0.333. The molecule has 0 saturated carbocycles. The minimum atomic E-state index is -1.00. The predicted octanol–water partition coefficient (Wildman–Crippen LogP) is 3.05. The Bertz CT molecular complexity index is 894. The maximum atomic E-state index is 11.0. The minimum Gasteiger partial charge on any atom is -0.395 e. The van der Waals surface area contributed by atoms with E-state index in [4.69, 9.17) is 19.9 Å². The second kappa shape index (κ2) is 13.9. The first kappa shape index (κ1) is 25.1. The maximum absolute atomic E-state index is 11.0. The second-order valence-electron chi connectivity index (χ2n) is 7.94. The van der Waals surface area contributed by atoms with Gasteiger partial charge in [-0.15, -0.1) is 0 Å². The van der Waals surface area contributed by atoms with Crippen LogP contribution in [0.25, 0.3) is 0 Å². The number of ether oxygens (including phenoxy) is 3. The Morgan fingerprint density at radius 2 is 1.06 bits per heavy atom. The van der Waals surface area contributed by atoms with Crippen LogP contribution >= 0.6 is 0 Å². The summed E-state index contributed by atoms with van der Waals surface area (Å²) in [6.45, 7) is 0.650. The molecule has 0 amide bonds. The number of hydrogen-bond acceptors (Lipinski definition) is 6. The van der Waals surface area contributed by atoms with Crippen molar-refractivity contribution in [3.8, 4) is 0 Å². The van der Waals surface area contributed by atoms with Gasteiger partial charge in [0.1, 0.15) is 18.3 Å². The molecular weight excluding hydrogens is 418 g/mol. The summed E-state index contributed by atoms with van der Waals surface area (Å²) in [5, 5.41) is 20.8. The highest BCUT2D eigenvalue weighted by Gasteiger charge is 2.34. The van der Waals surface area contributed by atoms with Gasteiger partial charge in [0.15, 0.2) is 0 Å². The van der Waals surface area contributed by atoms with Crippen molar-refractivity contribution < 1.29 is 24.4 Å². The van der Waals surface area contributed by atoms with Gasteiger partial charge in [0.2, 0.25) is 0 Å². The molecule has 0 bridgehead atoms. The lowest BCUT2D eigenvalue weighted by atomic mass is 10.0. The predicted molar refractivity (Wildman–Crippen MR) is 127 cm³/mol. The molecule has 33 heavy (non-hydrogen) atoms. The van der Waals surface area contributed by atoms with E-state index < -0.39 is 24.4 Å². The van der Waals surface area contributed by atoms with Crippen molar-refractivity contribution in [2.24, 2.45) is 5.73 Å². The number of benzene rings is 3. The zero-order chi connectivity index (χ0) is 23.3. The zero-order valence-corrected chi connectivity index (χ0v) is 18.7. The monoisotopic (exact) mass is 451 g/mol. The van der Waals surface area contributed by atoms with Gasteiger partial charge in [-0.3, -0.25) is 0 Å². The molecule has 0 aliphatic heterocycles. The number of nitrogens with two attached hydrogens (primary N) is 1. The largest absolute Gasteiger partial charge is 0.395 e. The first-order valence-electron chi connectivity index (χ1n) is 11.1. The molecule has 4 N–H and O–H groups in total. The molecule has 3 rings (SSSR count). The zero-order valence-electron chi connectivity index (χ0n) is 18.7. The molecule has 0 spiro atoms. The van der Waals surface area contributed by atoms with Crippen LogP contribution in [0.2, 0.25) is 0 Å². The molecule has 6 nitrogen and oxygen atoms in total. The molecule has 0 saturated heterocycles. The molecule has 0 radical (unpaired) electrons. The van der Waals surface area contributed by atoms with Crippen molar-refractivity contribution in [3.05, 3.63) is 108 Å². The Hall–Kier alpha value is -2.58. The van der Waals surface area contributed by atoms with Gasteiger partial charge in [0.05, 0.1) is 39.1 Å². The molecule has 3 aromatic carbocycles. The summed E-state index contributed by atoms with van der Waals surface area (Å²) < 4.78 is 18.0. The molecule has 4 unspecified atom stereocenters. The summed E-state index contributed by atoms with van der Waals surface area (Å²) in [7, 11) is 0. The lowest BCUT2D eigenvalue weighted by molar-refractivity contribution is -0.156. The molecule has 0 aliphatic carbocycles. The van der Waals surface area contributed by atoms with E-state index in [1.165, 1.54) is 0 Å². The van der Waals surface area contributed by atoms with Crippen LogP contribution < -0.4 is 5.73 Å². The third kappa shape index (κ3) is 8.37. The second-order valence-corrected chi connectivity index (χ2v) is 7.94. The lowest BCUT2D eigenvalue weighted by Crippen LogP contribution is -2.53. The summed E-state index contributed by atoms with van der Waals surface area (Å²) in [5.74, 6) is 0. The van der Waals surface area contributed by atoms with Gasteiger partial charge in [0, 0.05) is 0 Å². The van der Waals surface area contributed by atoms with Crippen LogP contribution in [0.1, 0.15) is 16.7 Å². The van der Waals surface area contributed by atoms with E-state index in [-0.39, 0.29) is 26.4 Å². The Balaban J connectivity index is 1.69. The highest BCUT2D eigenvalue weighted by molar-refractivity contribution is 5.15. The van der Waals surface area contributed by atoms with E-state index in [1.807, 2.05) is 91.0 Å². The van der Waals surface area contributed by atoms with Gasteiger partial charge >= 0.3 is 0 Å². The number of hydrogen-bond donors (Lipinski definition) is 3. The summed E-state index contributed by atoms with van der Waals surface area (Å²) in [5.41, 5.74) is 9.13. The topological polar surface area (TPSA) is 94.2 Å². The average molecular weight is 452 g/mol. The van der Waals surface area contributed by atoms with Gasteiger partial charge < -0.3 is 30.2 Å². The fourth-order valence-electron chi connectivity index (χ4n) is 3.49. The summed E-state index contributed by atoms with van der Waals surface area (Å²) in [6.07, 6.45) is -2.54. The molecule has 0 aromatic heterocycles. The number of aliphatic hydroxyl groups excluding tert-OH is 2. The lowest BCUT2D eigenvalue weighted by Gasteiger charge is -2.34. The summed E-state index contributed by atoms with van der Waals surface area (Å²) in [6, 6.07) is 28.4. The Kier molecular flexibility index (Phi) is 10.5. The first-order valence-corrected chi connectivity index (χ1v) is 11.1. The third-order valence-corrected chi connectivity index (χ3v) is 5.31. The van der Waals surface area contributed by atoms with Crippen molar-refractivity contribution in [2.45, 2.75) is 44.2 Å². The van der Waals surface area contributed by atoms with Crippen molar-refractivity contribution in [1.82, 2.24) is 0 Å². The summed E-state index contributed by atoms with van der Waals surface area (Å²) >= 11 is 0. The third-order valence-electron chi connectivity index (χ3n) is 5.31. The van der Waals surface area contributed by atoms with E-state index in [9.17, 15) is 10.2 Å². The Morgan fingerprint density at radius 1 is 0.636 bits per heavy atom. The van der Waals surface area contributed by atoms with E-state index in [2.05, 4.69) is 0 Å². The van der Waals surface area contributed by atoms with Crippen LogP contribution in [0, 0.1) is 0 Å². The molecule has 3 aromatic rings. The molecule has 0 aliphatic rings. The molecule has 0 fully saturated rings. The van der Waals surface area contributed by atoms with Crippen LogP contribution in [0.15, 0.2) is 91.0 Å². The average Bonchev–Trinajstić information content (AvgIpc) is 2.87. The maximum Gasteiger partial charge on any atom is 0.114 e. The van der Waals surface area contributed by atoms with E-state index >= 15 is 0 Å². The van der Waals surface area contributed by atoms with E-state index in [0.29, 0.717) is 6.61 Å². The van der Waals surface area contributed by atoms with Crippen molar-refractivity contribution in [2.75, 3.05) is 13.2 Å². The van der Waals surface area contributed by atoms with Crippen LogP contribution in [0.5, 0.6) is 0 Å². The van der Waals surface area contributed by atoms with Crippen LogP contribution in [-0.4, -0.2) is 47.8 Å². The van der Waals surface area contributed by atoms with Crippen molar-refractivity contribution in [1.29, 1.82) is 0 Å².